The Hall–Kier alpha value is -3.07. The van der Waals surface area contributed by atoms with E-state index < -0.39 is 21.7 Å². The van der Waals surface area contributed by atoms with Crippen molar-refractivity contribution >= 4 is 32.6 Å². The largest absolute Gasteiger partial charge is 0.492 e. The zero-order valence-electron chi connectivity index (χ0n) is 15.5. The lowest BCUT2D eigenvalue weighted by atomic mass is 10.2. The van der Waals surface area contributed by atoms with Crippen LogP contribution in [0, 0.1) is 5.82 Å². The van der Waals surface area contributed by atoms with Gasteiger partial charge in [0.2, 0.25) is 0 Å². The second-order valence-electron chi connectivity index (χ2n) is 6.16. The van der Waals surface area contributed by atoms with Crippen molar-refractivity contribution in [3.05, 3.63) is 54.0 Å². The van der Waals surface area contributed by atoms with E-state index in [-0.39, 0.29) is 34.3 Å². The zero-order chi connectivity index (χ0) is 20.5. The first kappa shape index (κ1) is 19.7. The minimum Gasteiger partial charge on any atom is -0.492 e. The molecule has 9 heteroatoms. The summed E-state index contributed by atoms with van der Waals surface area (Å²) in [5.41, 5.74) is 0.550. The SMILES string of the molecule is CCOc1ccccc1S(=O)(=O)NC(=O)c1cc2cc(F)c(N(C)C)cc2o1. The van der Waals surface area contributed by atoms with Gasteiger partial charge >= 0.3 is 5.91 Å². The first-order valence-corrected chi connectivity index (χ1v) is 9.90. The Labute approximate surface area is 161 Å². The van der Waals surface area contributed by atoms with E-state index in [1.165, 1.54) is 36.4 Å². The van der Waals surface area contributed by atoms with E-state index in [1.807, 2.05) is 4.72 Å². The number of furan rings is 1. The Balaban J connectivity index is 1.92. The Kier molecular flexibility index (Phi) is 5.28. The Morgan fingerprint density at radius 2 is 1.93 bits per heavy atom. The molecule has 0 radical (unpaired) electrons. The number of nitrogens with zero attached hydrogens (tertiary/aromatic N) is 1. The minimum atomic E-state index is -4.19. The van der Waals surface area contributed by atoms with Gasteiger partial charge in [-0.05, 0) is 31.2 Å². The standard InChI is InChI=1S/C19H19FN2O5S/c1-4-26-15-7-5-6-8-18(15)28(24,25)21-19(23)17-10-12-9-13(20)14(22(2)3)11-16(12)27-17/h5-11H,4H2,1-3H3,(H,21,23). The fourth-order valence-corrected chi connectivity index (χ4v) is 3.78. The van der Waals surface area contributed by atoms with E-state index >= 15 is 0 Å². The molecule has 0 saturated carbocycles. The monoisotopic (exact) mass is 406 g/mol. The van der Waals surface area contributed by atoms with Crippen LogP contribution < -0.4 is 14.4 Å². The van der Waals surface area contributed by atoms with Crippen LogP contribution in [-0.4, -0.2) is 35.0 Å². The quantitative estimate of drug-likeness (QED) is 0.677. The number of para-hydroxylation sites is 1. The van der Waals surface area contributed by atoms with Gasteiger partial charge in [0, 0.05) is 25.5 Å². The first-order valence-electron chi connectivity index (χ1n) is 8.42. The van der Waals surface area contributed by atoms with E-state index in [2.05, 4.69) is 0 Å². The second kappa shape index (κ2) is 7.51. The van der Waals surface area contributed by atoms with Crippen molar-refractivity contribution < 1.29 is 26.8 Å². The van der Waals surface area contributed by atoms with Crippen molar-refractivity contribution in [2.45, 2.75) is 11.8 Å². The molecule has 0 spiro atoms. The average molecular weight is 406 g/mol. The van der Waals surface area contributed by atoms with E-state index in [9.17, 15) is 17.6 Å². The molecule has 0 aliphatic heterocycles. The van der Waals surface area contributed by atoms with Gasteiger partial charge in [-0.15, -0.1) is 0 Å². The lowest BCUT2D eigenvalue weighted by molar-refractivity contribution is 0.0956. The predicted octanol–water partition coefficient (Wildman–Crippen LogP) is 3.16. The number of halogens is 1. The van der Waals surface area contributed by atoms with Crippen molar-refractivity contribution in [2.75, 3.05) is 25.6 Å². The summed E-state index contributed by atoms with van der Waals surface area (Å²) in [4.78, 5) is 13.8. The number of amides is 1. The summed E-state index contributed by atoms with van der Waals surface area (Å²) < 4.78 is 52.0. The third-order valence-corrected chi connectivity index (χ3v) is 5.33. The molecule has 7 nitrogen and oxygen atoms in total. The number of rotatable bonds is 6. The number of hydrogen-bond acceptors (Lipinski definition) is 6. The lowest BCUT2D eigenvalue weighted by Gasteiger charge is -2.12. The molecule has 1 heterocycles. The summed E-state index contributed by atoms with van der Waals surface area (Å²) in [7, 11) is -0.855. The normalized spacial score (nSPS) is 11.4. The first-order chi connectivity index (χ1) is 13.2. The highest BCUT2D eigenvalue weighted by Crippen LogP contribution is 2.28. The Morgan fingerprint density at radius 3 is 2.61 bits per heavy atom. The third-order valence-electron chi connectivity index (χ3n) is 3.96. The van der Waals surface area contributed by atoms with E-state index in [4.69, 9.17) is 9.15 Å². The summed E-state index contributed by atoms with van der Waals surface area (Å²) in [6.07, 6.45) is 0. The number of sulfonamides is 1. The summed E-state index contributed by atoms with van der Waals surface area (Å²) >= 11 is 0. The van der Waals surface area contributed by atoms with Crippen LogP contribution in [0.1, 0.15) is 17.5 Å². The molecule has 1 amide bonds. The Morgan fingerprint density at radius 1 is 1.21 bits per heavy atom. The molecule has 1 aromatic heterocycles. The van der Waals surface area contributed by atoms with Gasteiger partial charge in [0.25, 0.3) is 10.0 Å². The van der Waals surface area contributed by atoms with Crippen LogP contribution in [0.25, 0.3) is 11.0 Å². The second-order valence-corrected chi connectivity index (χ2v) is 7.81. The number of carbonyl (C=O) groups excluding carboxylic acids is 1. The van der Waals surface area contributed by atoms with Crippen molar-refractivity contribution in [1.29, 1.82) is 0 Å². The van der Waals surface area contributed by atoms with Gasteiger partial charge in [0.15, 0.2) is 5.76 Å². The van der Waals surface area contributed by atoms with Crippen molar-refractivity contribution in [3.8, 4) is 5.75 Å². The van der Waals surface area contributed by atoms with Crippen LogP contribution in [0.15, 0.2) is 51.8 Å². The Bertz CT molecular complexity index is 1140. The summed E-state index contributed by atoms with van der Waals surface area (Å²) in [5.74, 6) is -1.56. The number of fused-ring (bicyclic) bond motifs is 1. The molecule has 0 fully saturated rings. The number of benzene rings is 2. The average Bonchev–Trinajstić information content (AvgIpc) is 3.04. The highest BCUT2D eigenvalue weighted by molar-refractivity contribution is 7.90. The van der Waals surface area contributed by atoms with Crippen molar-refractivity contribution in [3.63, 3.8) is 0 Å². The molecule has 0 aliphatic carbocycles. The molecular weight excluding hydrogens is 387 g/mol. The molecule has 1 N–H and O–H groups in total. The van der Waals surface area contributed by atoms with Gasteiger partial charge in [-0.25, -0.2) is 17.5 Å². The molecule has 3 rings (SSSR count). The van der Waals surface area contributed by atoms with E-state index in [1.54, 1.807) is 32.0 Å². The molecule has 148 valence electrons. The van der Waals surface area contributed by atoms with Crippen LogP contribution in [-0.2, 0) is 10.0 Å². The highest BCUT2D eigenvalue weighted by atomic mass is 32.2. The van der Waals surface area contributed by atoms with Crippen molar-refractivity contribution in [1.82, 2.24) is 4.72 Å². The van der Waals surface area contributed by atoms with E-state index in [0.29, 0.717) is 5.39 Å². The lowest BCUT2D eigenvalue weighted by Crippen LogP contribution is -2.30. The molecular formula is C19H19FN2O5S. The van der Waals surface area contributed by atoms with Gasteiger partial charge in [-0.3, -0.25) is 4.79 Å². The summed E-state index contributed by atoms with van der Waals surface area (Å²) in [6, 6.07) is 9.94. The summed E-state index contributed by atoms with van der Waals surface area (Å²) in [5, 5.41) is 0.348. The minimum absolute atomic E-state index is 0.132. The molecule has 3 aromatic rings. The number of hydrogen-bond donors (Lipinski definition) is 1. The van der Waals surface area contributed by atoms with Crippen LogP contribution in [0.5, 0.6) is 5.75 Å². The van der Waals surface area contributed by atoms with Crippen molar-refractivity contribution in [2.24, 2.45) is 0 Å². The van der Waals surface area contributed by atoms with E-state index in [0.717, 1.165) is 0 Å². The molecule has 0 unspecified atom stereocenters. The summed E-state index contributed by atoms with van der Waals surface area (Å²) in [6.45, 7) is 1.99. The number of ether oxygens (including phenoxy) is 1. The number of anilines is 1. The molecule has 0 bridgehead atoms. The van der Waals surface area contributed by atoms with Crippen LogP contribution in [0.4, 0.5) is 10.1 Å². The fourth-order valence-electron chi connectivity index (χ4n) is 2.68. The smallest absolute Gasteiger partial charge is 0.300 e. The molecule has 0 saturated heterocycles. The van der Waals surface area contributed by atoms with Gasteiger partial charge in [0.1, 0.15) is 22.0 Å². The van der Waals surface area contributed by atoms with Crippen LogP contribution in [0.3, 0.4) is 0 Å². The number of nitrogens with one attached hydrogen (secondary N) is 1. The van der Waals surface area contributed by atoms with Crippen LogP contribution in [0.2, 0.25) is 0 Å². The van der Waals surface area contributed by atoms with Gasteiger partial charge in [0.05, 0.1) is 12.3 Å². The molecule has 0 aliphatic rings. The molecule has 0 atom stereocenters. The maximum Gasteiger partial charge on any atom is 0.300 e. The highest BCUT2D eigenvalue weighted by Gasteiger charge is 2.25. The third kappa shape index (κ3) is 3.79. The van der Waals surface area contributed by atoms with Gasteiger partial charge in [-0.1, -0.05) is 12.1 Å². The van der Waals surface area contributed by atoms with Crippen LogP contribution >= 0.6 is 0 Å². The molecule has 28 heavy (non-hydrogen) atoms. The molecule has 2 aromatic carbocycles. The number of carbonyl (C=O) groups is 1. The topological polar surface area (TPSA) is 88.8 Å². The maximum atomic E-state index is 14.1. The van der Waals surface area contributed by atoms with Gasteiger partial charge < -0.3 is 14.1 Å². The fraction of sp³-hybridized carbons (Fsp3) is 0.211. The zero-order valence-corrected chi connectivity index (χ0v) is 16.3. The predicted molar refractivity (Wildman–Crippen MR) is 103 cm³/mol. The van der Waals surface area contributed by atoms with Gasteiger partial charge in [-0.2, -0.15) is 0 Å². The maximum absolute atomic E-state index is 14.1.